The Bertz CT molecular complexity index is 1230. The summed E-state index contributed by atoms with van der Waals surface area (Å²) in [5.41, 5.74) is 0. The second-order valence-corrected chi connectivity index (χ2v) is 17.9. The minimum Gasteiger partial charge on any atom is -0.394 e. The topological polar surface area (TPSA) is 149 Å². The van der Waals surface area contributed by atoms with E-state index in [1.165, 1.54) is 122 Å². The molecule has 0 saturated carbocycles. The minimum absolute atomic E-state index is 0.221. The fraction of sp³-hybridized carbons (Fsp3) is 0.764. The number of hydrogen-bond donors (Lipinski definition) is 6. The highest BCUT2D eigenvalue weighted by molar-refractivity contribution is 5.76. The van der Waals surface area contributed by atoms with E-state index in [1.807, 2.05) is 6.08 Å². The van der Waals surface area contributed by atoms with Gasteiger partial charge in [-0.3, -0.25) is 4.79 Å². The second kappa shape index (κ2) is 44.5. The van der Waals surface area contributed by atoms with Gasteiger partial charge in [0.05, 0.1) is 25.4 Å². The minimum atomic E-state index is -1.58. The predicted octanol–water partition coefficient (Wildman–Crippen LogP) is 12.1. The number of nitrogens with one attached hydrogen (secondary N) is 1. The normalized spacial score (nSPS) is 20.6. The number of carbonyl (C=O) groups is 1. The SMILES string of the molecule is CC/C=C\C/C=C\C/C=C\CCCCCC(=O)NC(COC1OC(CO)C(O)C(O)C1O)C(O)/C=C/CC/C=C/CC/C=C/CCCCCCCCCCCCCCCCCCCC. The van der Waals surface area contributed by atoms with Crippen LogP contribution in [0.15, 0.2) is 72.9 Å². The van der Waals surface area contributed by atoms with Crippen molar-refractivity contribution in [2.24, 2.45) is 0 Å². The van der Waals surface area contributed by atoms with Crippen LogP contribution >= 0.6 is 0 Å². The number of unbranched alkanes of at least 4 members (excludes halogenated alkanes) is 23. The van der Waals surface area contributed by atoms with Crippen molar-refractivity contribution in [2.75, 3.05) is 13.2 Å². The summed E-state index contributed by atoms with van der Waals surface area (Å²) in [6.07, 6.45) is 54.1. The Morgan fingerprint density at radius 3 is 1.50 bits per heavy atom. The number of amides is 1. The van der Waals surface area contributed by atoms with Crippen LogP contribution in [0.5, 0.6) is 0 Å². The molecule has 1 rings (SSSR count). The molecule has 1 aliphatic heterocycles. The van der Waals surface area contributed by atoms with E-state index in [0.717, 1.165) is 64.2 Å². The number of carbonyl (C=O) groups excluding carboxylic acids is 1. The fourth-order valence-electron chi connectivity index (χ4n) is 7.85. The van der Waals surface area contributed by atoms with Crippen LogP contribution in [0, 0.1) is 0 Å². The van der Waals surface area contributed by atoms with Gasteiger partial charge in [-0.05, 0) is 77.0 Å². The molecule has 0 aromatic carbocycles. The first-order chi connectivity index (χ1) is 31.3. The molecule has 64 heavy (non-hydrogen) atoms. The van der Waals surface area contributed by atoms with E-state index in [1.54, 1.807) is 6.08 Å². The smallest absolute Gasteiger partial charge is 0.220 e. The molecule has 1 amide bonds. The first kappa shape index (κ1) is 59.6. The quantitative estimate of drug-likeness (QED) is 0.0262. The lowest BCUT2D eigenvalue weighted by molar-refractivity contribution is -0.302. The van der Waals surface area contributed by atoms with Crippen molar-refractivity contribution in [3.8, 4) is 0 Å². The van der Waals surface area contributed by atoms with Crippen LogP contribution in [0.1, 0.15) is 213 Å². The molecule has 6 N–H and O–H groups in total. The molecular weight excluding hydrogens is 803 g/mol. The summed E-state index contributed by atoms with van der Waals surface area (Å²) >= 11 is 0. The Kier molecular flexibility index (Phi) is 41.4. The summed E-state index contributed by atoms with van der Waals surface area (Å²) in [7, 11) is 0. The molecule has 1 heterocycles. The van der Waals surface area contributed by atoms with Gasteiger partial charge >= 0.3 is 0 Å². The summed E-state index contributed by atoms with van der Waals surface area (Å²) in [6, 6.07) is -0.846. The van der Waals surface area contributed by atoms with E-state index in [2.05, 4.69) is 79.9 Å². The van der Waals surface area contributed by atoms with E-state index in [0.29, 0.717) is 12.8 Å². The Morgan fingerprint density at radius 2 is 0.984 bits per heavy atom. The number of ether oxygens (including phenoxy) is 2. The van der Waals surface area contributed by atoms with Crippen molar-refractivity contribution in [2.45, 2.75) is 256 Å². The summed E-state index contributed by atoms with van der Waals surface area (Å²) in [6.45, 7) is 3.62. The van der Waals surface area contributed by atoms with Gasteiger partial charge in [-0.2, -0.15) is 0 Å². The van der Waals surface area contributed by atoms with Crippen LogP contribution in [-0.4, -0.2) is 87.5 Å². The maximum Gasteiger partial charge on any atom is 0.220 e. The largest absolute Gasteiger partial charge is 0.394 e. The number of rotatable bonds is 43. The highest BCUT2D eigenvalue weighted by atomic mass is 16.7. The summed E-state index contributed by atoms with van der Waals surface area (Å²) in [5, 5.41) is 54.2. The van der Waals surface area contributed by atoms with Crippen molar-refractivity contribution >= 4 is 5.91 Å². The molecule has 0 bridgehead atoms. The number of allylic oxidation sites excluding steroid dienone is 11. The van der Waals surface area contributed by atoms with E-state index in [4.69, 9.17) is 9.47 Å². The monoisotopic (exact) mass is 900 g/mol. The molecule has 0 aromatic rings. The molecule has 370 valence electrons. The lowest BCUT2D eigenvalue weighted by Gasteiger charge is -2.40. The van der Waals surface area contributed by atoms with Crippen LogP contribution in [0.3, 0.4) is 0 Å². The van der Waals surface area contributed by atoms with Crippen molar-refractivity contribution in [3.05, 3.63) is 72.9 Å². The second-order valence-electron chi connectivity index (χ2n) is 17.9. The van der Waals surface area contributed by atoms with Crippen molar-refractivity contribution in [1.29, 1.82) is 0 Å². The standard InChI is InChI=1S/C55H97NO8/c1-3-5-7-9-11-13-15-17-18-19-20-21-22-23-24-25-26-27-28-29-30-31-33-34-36-38-40-42-44-49(58)48(47-63-55-54(62)53(61)52(60)50(46-57)64-55)56-51(59)45-43-41-39-37-35-32-16-14-12-10-8-6-4-2/h6,8,12,14,29-30,32,34-36,42,44,48-50,52-55,57-58,60-62H,3-5,7,9-11,13,15-28,31,33,37-41,43,45-47H2,1-2H3,(H,56,59)/b8-6-,14-12-,30-29+,35-32-,36-34+,44-42+. The van der Waals surface area contributed by atoms with Crippen LogP contribution in [0.2, 0.25) is 0 Å². The summed E-state index contributed by atoms with van der Waals surface area (Å²) in [5.74, 6) is -0.222. The maximum atomic E-state index is 12.9. The Hall–Kier alpha value is -2.37. The van der Waals surface area contributed by atoms with E-state index >= 15 is 0 Å². The molecule has 1 saturated heterocycles. The van der Waals surface area contributed by atoms with E-state index < -0.39 is 49.5 Å². The van der Waals surface area contributed by atoms with Crippen molar-refractivity contribution in [1.82, 2.24) is 5.32 Å². The van der Waals surface area contributed by atoms with Gasteiger partial charge < -0.3 is 40.3 Å². The number of aliphatic hydroxyl groups is 5. The van der Waals surface area contributed by atoms with Gasteiger partial charge in [0.2, 0.25) is 5.91 Å². The Balaban J connectivity index is 2.28. The average Bonchev–Trinajstić information content (AvgIpc) is 3.29. The lowest BCUT2D eigenvalue weighted by Crippen LogP contribution is -2.60. The first-order valence-electron chi connectivity index (χ1n) is 26.2. The predicted molar refractivity (Wildman–Crippen MR) is 267 cm³/mol. The molecule has 9 heteroatoms. The van der Waals surface area contributed by atoms with Gasteiger partial charge in [0, 0.05) is 6.42 Å². The molecule has 0 spiro atoms. The Labute approximate surface area is 391 Å². The van der Waals surface area contributed by atoms with Gasteiger partial charge in [-0.15, -0.1) is 0 Å². The van der Waals surface area contributed by atoms with Gasteiger partial charge in [-0.1, -0.05) is 202 Å². The van der Waals surface area contributed by atoms with Crippen LogP contribution in [-0.2, 0) is 14.3 Å². The van der Waals surface area contributed by atoms with E-state index in [-0.39, 0.29) is 12.5 Å². The van der Waals surface area contributed by atoms with Gasteiger partial charge in [0.25, 0.3) is 0 Å². The van der Waals surface area contributed by atoms with Crippen molar-refractivity contribution < 1.29 is 39.8 Å². The number of aliphatic hydroxyl groups excluding tert-OH is 5. The third-order valence-corrected chi connectivity index (χ3v) is 12.0. The molecule has 7 atom stereocenters. The fourth-order valence-corrected chi connectivity index (χ4v) is 7.85. The average molecular weight is 900 g/mol. The summed E-state index contributed by atoms with van der Waals surface area (Å²) in [4.78, 5) is 12.9. The Morgan fingerprint density at radius 1 is 0.547 bits per heavy atom. The lowest BCUT2D eigenvalue weighted by atomic mass is 9.99. The molecular formula is C55H97NO8. The highest BCUT2D eigenvalue weighted by Crippen LogP contribution is 2.23. The van der Waals surface area contributed by atoms with Gasteiger partial charge in [-0.25, -0.2) is 0 Å². The molecule has 0 aliphatic carbocycles. The summed E-state index contributed by atoms with van der Waals surface area (Å²) < 4.78 is 11.2. The molecule has 7 unspecified atom stereocenters. The molecule has 9 nitrogen and oxygen atoms in total. The van der Waals surface area contributed by atoms with E-state index in [9.17, 15) is 30.3 Å². The van der Waals surface area contributed by atoms with Gasteiger partial charge in [0.15, 0.2) is 6.29 Å². The third kappa shape index (κ3) is 34.0. The third-order valence-electron chi connectivity index (χ3n) is 12.0. The van der Waals surface area contributed by atoms with Crippen LogP contribution in [0.4, 0.5) is 0 Å². The molecule has 1 fully saturated rings. The van der Waals surface area contributed by atoms with Gasteiger partial charge in [0.1, 0.15) is 24.4 Å². The zero-order valence-electron chi connectivity index (χ0n) is 40.8. The number of hydrogen-bond acceptors (Lipinski definition) is 8. The maximum absolute atomic E-state index is 12.9. The molecule has 0 radical (unpaired) electrons. The van der Waals surface area contributed by atoms with Crippen molar-refractivity contribution in [3.63, 3.8) is 0 Å². The zero-order chi connectivity index (χ0) is 46.6. The highest BCUT2D eigenvalue weighted by Gasteiger charge is 2.44. The molecule has 0 aromatic heterocycles. The molecule has 1 aliphatic rings. The first-order valence-corrected chi connectivity index (χ1v) is 26.2. The van der Waals surface area contributed by atoms with Crippen LogP contribution in [0.25, 0.3) is 0 Å². The zero-order valence-corrected chi connectivity index (χ0v) is 40.8. The van der Waals surface area contributed by atoms with Crippen LogP contribution < -0.4 is 5.32 Å².